The maximum atomic E-state index is 2.49. The first-order valence-electron chi connectivity index (χ1n) is 15.6. The summed E-state index contributed by atoms with van der Waals surface area (Å²) in [7, 11) is 0. The van der Waals surface area contributed by atoms with Gasteiger partial charge in [0.1, 0.15) is 0 Å². The van der Waals surface area contributed by atoms with Crippen molar-refractivity contribution in [2.45, 2.75) is 31.6 Å². The zero-order valence-corrected chi connectivity index (χ0v) is 25.2. The van der Waals surface area contributed by atoms with Gasteiger partial charge < -0.3 is 4.90 Å². The average Bonchev–Trinajstić information content (AvgIpc) is 3.32. The number of fused-ring (bicyclic) bond motifs is 4. The third-order valence-corrected chi connectivity index (χ3v) is 9.58. The molecule has 6 aromatic carbocycles. The molecule has 6 aromatic rings. The average molecular weight is 566 g/mol. The second-order valence-corrected chi connectivity index (χ2v) is 12.5. The van der Waals surface area contributed by atoms with Gasteiger partial charge >= 0.3 is 0 Å². The van der Waals surface area contributed by atoms with Gasteiger partial charge in [0.2, 0.25) is 0 Å². The molecule has 0 amide bonds. The Morgan fingerprint density at radius 1 is 0.614 bits per heavy atom. The zero-order valence-electron chi connectivity index (χ0n) is 25.2. The predicted octanol–water partition coefficient (Wildman–Crippen LogP) is 11.9. The van der Waals surface area contributed by atoms with Crippen LogP contribution in [0.15, 0.2) is 158 Å². The molecule has 0 N–H and O–H groups in total. The summed E-state index contributed by atoms with van der Waals surface area (Å²) in [5, 5.41) is 2.53. The smallest absolute Gasteiger partial charge is 0.0621 e. The lowest BCUT2D eigenvalue weighted by Gasteiger charge is -2.31. The van der Waals surface area contributed by atoms with Crippen molar-refractivity contribution in [3.63, 3.8) is 0 Å². The molecule has 0 bridgehead atoms. The Morgan fingerprint density at radius 2 is 1.27 bits per heavy atom. The number of nitrogens with zero attached hydrogens (tertiary/aromatic N) is 1. The highest BCUT2D eigenvalue weighted by molar-refractivity contribution is 6.09. The van der Waals surface area contributed by atoms with Gasteiger partial charge in [-0.1, -0.05) is 141 Å². The van der Waals surface area contributed by atoms with Crippen LogP contribution < -0.4 is 4.90 Å². The second kappa shape index (κ2) is 10.5. The van der Waals surface area contributed by atoms with Gasteiger partial charge in [0.25, 0.3) is 0 Å². The van der Waals surface area contributed by atoms with Gasteiger partial charge in [0.15, 0.2) is 0 Å². The van der Waals surface area contributed by atoms with E-state index >= 15 is 0 Å². The minimum Gasteiger partial charge on any atom is -0.309 e. The summed E-state index contributed by atoms with van der Waals surface area (Å²) in [4.78, 5) is 2.49. The predicted molar refractivity (Wildman–Crippen MR) is 187 cm³/mol. The second-order valence-electron chi connectivity index (χ2n) is 12.5. The molecule has 0 spiro atoms. The van der Waals surface area contributed by atoms with Crippen LogP contribution in [0.2, 0.25) is 0 Å². The van der Waals surface area contributed by atoms with Gasteiger partial charge in [-0.15, -0.1) is 0 Å². The molecule has 212 valence electrons. The van der Waals surface area contributed by atoms with Crippen LogP contribution in [0.4, 0.5) is 17.1 Å². The van der Waals surface area contributed by atoms with E-state index in [0.717, 1.165) is 17.8 Å². The summed E-state index contributed by atoms with van der Waals surface area (Å²) >= 11 is 0. The highest BCUT2D eigenvalue weighted by Crippen LogP contribution is 2.56. The Kier molecular flexibility index (Phi) is 6.34. The number of rotatable bonds is 5. The van der Waals surface area contributed by atoms with E-state index in [2.05, 4.69) is 177 Å². The van der Waals surface area contributed by atoms with E-state index < -0.39 is 0 Å². The van der Waals surface area contributed by atoms with Crippen molar-refractivity contribution in [3.8, 4) is 22.3 Å². The molecule has 0 radical (unpaired) electrons. The summed E-state index contributed by atoms with van der Waals surface area (Å²) in [5.74, 6) is 0.419. The van der Waals surface area contributed by atoms with Crippen molar-refractivity contribution in [2.75, 3.05) is 4.90 Å². The van der Waals surface area contributed by atoms with E-state index in [0.29, 0.717) is 5.92 Å². The topological polar surface area (TPSA) is 3.24 Å². The first-order chi connectivity index (χ1) is 21.6. The Bertz CT molecular complexity index is 2040. The van der Waals surface area contributed by atoms with Crippen molar-refractivity contribution in [1.29, 1.82) is 0 Å². The summed E-state index contributed by atoms with van der Waals surface area (Å²) in [6.07, 6.45) is 9.93. The Morgan fingerprint density at radius 3 is 2.02 bits per heavy atom. The van der Waals surface area contributed by atoms with Gasteiger partial charge in [-0.05, 0) is 75.5 Å². The number of benzene rings is 6. The molecule has 0 aromatic heterocycles. The highest BCUT2D eigenvalue weighted by Gasteiger charge is 2.38. The van der Waals surface area contributed by atoms with Crippen molar-refractivity contribution >= 4 is 27.8 Å². The van der Waals surface area contributed by atoms with Crippen LogP contribution in [0.25, 0.3) is 33.0 Å². The first kappa shape index (κ1) is 26.5. The number of hydrogen-bond donors (Lipinski definition) is 0. The molecular formula is C43H35N. The van der Waals surface area contributed by atoms with Crippen LogP contribution >= 0.6 is 0 Å². The van der Waals surface area contributed by atoms with Crippen molar-refractivity contribution in [1.82, 2.24) is 0 Å². The lowest BCUT2D eigenvalue weighted by Crippen LogP contribution is -2.16. The van der Waals surface area contributed by atoms with Crippen LogP contribution in [0.5, 0.6) is 0 Å². The number of hydrogen-bond acceptors (Lipinski definition) is 1. The fourth-order valence-electron chi connectivity index (χ4n) is 7.26. The first-order valence-corrected chi connectivity index (χ1v) is 15.6. The number of anilines is 3. The summed E-state index contributed by atoms with van der Waals surface area (Å²) in [5.41, 5.74) is 12.7. The zero-order chi connectivity index (χ0) is 29.7. The SMILES string of the molecule is CC1(C)c2ccccc2-c2c1cc1ccccc1c2N(c1ccc(-c2ccccc2)cc1)c1ccc(C2C=CC=CC2)cc1. The van der Waals surface area contributed by atoms with Crippen molar-refractivity contribution in [3.05, 3.63) is 174 Å². The van der Waals surface area contributed by atoms with E-state index in [9.17, 15) is 0 Å². The van der Waals surface area contributed by atoms with Crippen LogP contribution in [0, 0.1) is 0 Å². The Labute approximate surface area is 260 Å². The van der Waals surface area contributed by atoms with Gasteiger partial charge in [0.05, 0.1) is 5.69 Å². The lowest BCUT2D eigenvalue weighted by molar-refractivity contribution is 0.661. The van der Waals surface area contributed by atoms with E-state index in [1.807, 2.05) is 0 Å². The molecule has 44 heavy (non-hydrogen) atoms. The lowest BCUT2D eigenvalue weighted by atomic mass is 9.81. The van der Waals surface area contributed by atoms with Gasteiger partial charge in [-0.3, -0.25) is 0 Å². The van der Waals surface area contributed by atoms with E-state index in [4.69, 9.17) is 0 Å². The highest BCUT2D eigenvalue weighted by atomic mass is 15.1. The maximum Gasteiger partial charge on any atom is 0.0621 e. The molecule has 2 aliphatic carbocycles. The molecule has 0 aliphatic heterocycles. The van der Waals surface area contributed by atoms with Crippen molar-refractivity contribution < 1.29 is 0 Å². The minimum absolute atomic E-state index is 0.0990. The molecule has 0 fully saturated rings. The Hall–Kier alpha value is -5.14. The molecule has 0 saturated carbocycles. The molecule has 1 unspecified atom stereocenters. The van der Waals surface area contributed by atoms with Crippen LogP contribution in [0.3, 0.4) is 0 Å². The van der Waals surface area contributed by atoms with Crippen LogP contribution in [0.1, 0.15) is 42.9 Å². The van der Waals surface area contributed by atoms with Gasteiger partial charge in [-0.2, -0.15) is 0 Å². The monoisotopic (exact) mass is 565 g/mol. The molecule has 1 nitrogen and oxygen atoms in total. The van der Waals surface area contributed by atoms with E-state index in [-0.39, 0.29) is 5.41 Å². The van der Waals surface area contributed by atoms with Crippen molar-refractivity contribution in [2.24, 2.45) is 0 Å². The van der Waals surface area contributed by atoms with Crippen LogP contribution in [-0.2, 0) is 5.41 Å². The Balaban J connectivity index is 1.38. The molecule has 1 heteroatoms. The molecule has 0 heterocycles. The largest absolute Gasteiger partial charge is 0.309 e. The summed E-state index contributed by atoms with van der Waals surface area (Å²) < 4.78 is 0. The third-order valence-electron chi connectivity index (χ3n) is 9.58. The summed E-state index contributed by atoms with van der Waals surface area (Å²) in [6, 6.07) is 49.3. The van der Waals surface area contributed by atoms with E-state index in [1.54, 1.807) is 0 Å². The molecule has 1 atom stereocenters. The molecule has 2 aliphatic rings. The van der Waals surface area contributed by atoms with Gasteiger partial charge in [0, 0.05) is 33.7 Å². The summed E-state index contributed by atoms with van der Waals surface area (Å²) in [6.45, 7) is 4.74. The quantitative estimate of drug-likeness (QED) is 0.201. The third kappa shape index (κ3) is 4.31. The standard InChI is InChI=1S/C43H35N/c1-43(2)39-20-12-11-19-38(39)41-40(43)29-34-17-9-10-18-37(34)42(41)44(35-25-21-32(22-26-35)30-13-5-3-6-14-30)36-27-23-33(24-28-36)31-15-7-4-8-16-31/h3-15,17-29,31H,16H2,1-2H3. The minimum atomic E-state index is -0.0990. The fraction of sp³-hybridized carbons (Fsp3) is 0.116. The molecule has 8 rings (SSSR count). The normalized spacial score (nSPS) is 16.1. The molecular weight excluding hydrogens is 530 g/mol. The molecule has 0 saturated heterocycles. The number of allylic oxidation sites excluding steroid dienone is 4. The maximum absolute atomic E-state index is 2.49. The fourth-order valence-corrected chi connectivity index (χ4v) is 7.26. The van der Waals surface area contributed by atoms with E-state index in [1.165, 1.54) is 55.4 Å². The van der Waals surface area contributed by atoms with Crippen LogP contribution in [-0.4, -0.2) is 0 Å². The van der Waals surface area contributed by atoms with Gasteiger partial charge in [-0.25, -0.2) is 0 Å².